The summed E-state index contributed by atoms with van der Waals surface area (Å²) in [4.78, 5) is 11.8. The Labute approximate surface area is 125 Å². The van der Waals surface area contributed by atoms with Crippen LogP contribution < -0.4 is 5.43 Å². The number of aromatic hydroxyl groups is 1. The molecule has 2 aromatic carbocycles. The Morgan fingerprint density at radius 3 is 2.71 bits per heavy atom. The second-order valence-electron chi connectivity index (χ2n) is 4.31. The molecule has 108 valence electrons. The average Bonchev–Trinajstić information content (AvgIpc) is 2.44. The molecular formula is C15H12ClFN2O2. The zero-order chi connectivity index (χ0) is 15.4. The highest BCUT2D eigenvalue weighted by Crippen LogP contribution is 2.18. The normalized spacial score (nSPS) is 11.3. The molecule has 0 spiro atoms. The Balaban J connectivity index is 2.15. The number of carbonyl (C=O) groups excluding carboxylic acids is 1. The van der Waals surface area contributed by atoms with Crippen molar-refractivity contribution in [2.24, 2.45) is 5.10 Å². The van der Waals surface area contributed by atoms with Gasteiger partial charge in [-0.1, -0.05) is 17.7 Å². The van der Waals surface area contributed by atoms with Crippen LogP contribution in [0, 0.1) is 5.82 Å². The van der Waals surface area contributed by atoms with E-state index in [4.69, 9.17) is 11.6 Å². The van der Waals surface area contributed by atoms with E-state index in [-0.39, 0.29) is 16.3 Å². The molecule has 0 radical (unpaired) electrons. The standard InChI is InChI=1S/C15H12ClFN2O2/c1-9(13-6-5-11(17)8-14(13)16)18-19-15(21)10-3-2-4-12(20)7-10/h2-8,20H,1H3,(H,19,21)/b18-9-. The molecular weight excluding hydrogens is 295 g/mol. The molecule has 4 nitrogen and oxygen atoms in total. The summed E-state index contributed by atoms with van der Waals surface area (Å²) in [6.07, 6.45) is 0. The molecule has 1 amide bonds. The number of hydrazone groups is 1. The topological polar surface area (TPSA) is 61.7 Å². The summed E-state index contributed by atoms with van der Waals surface area (Å²) in [6, 6.07) is 9.80. The van der Waals surface area contributed by atoms with E-state index in [2.05, 4.69) is 10.5 Å². The fourth-order valence-electron chi connectivity index (χ4n) is 1.69. The lowest BCUT2D eigenvalue weighted by Gasteiger charge is -2.05. The number of phenolic OH excluding ortho intramolecular Hbond substituents is 1. The summed E-state index contributed by atoms with van der Waals surface area (Å²) in [6.45, 7) is 1.64. The largest absolute Gasteiger partial charge is 0.508 e. The van der Waals surface area contributed by atoms with Gasteiger partial charge in [0.05, 0.1) is 10.7 Å². The Morgan fingerprint density at radius 2 is 2.05 bits per heavy atom. The highest BCUT2D eigenvalue weighted by Gasteiger charge is 2.08. The second kappa shape index (κ2) is 6.37. The van der Waals surface area contributed by atoms with Crippen molar-refractivity contribution in [1.82, 2.24) is 5.43 Å². The number of nitrogens with one attached hydrogen (secondary N) is 1. The average molecular weight is 307 g/mol. The summed E-state index contributed by atoms with van der Waals surface area (Å²) >= 11 is 5.91. The number of hydrogen-bond donors (Lipinski definition) is 2. The predicted octanol–water partition coefficient (Wildman–Crippen LogP) is 3.34. The van der Waals surface area contributed by atoms with Crippen LogP contribution in [0.1, 0.15) is 22.8 Å². The van der Waals surface area contributed by atoms with Crippen molar-refractivity contribution in [2.75, 3.05) is 0 Å². The van der Waals surface area contributed by atoms with Crippen LogP contribution in [0.5, 0.6) is 5.75 Å². The van der Waals surface area contributed by atoms with Crippen LogP contribution in [0.3, 0.4) is 0 Å². The number of amides is 1. The minimum absolute atomic E-state index is 0.00932. The summed E-state index contributed by atoms with van der Waals surface area (Å²) in [5.74, 6) is -0.922. The number of carbonyl (C=O) groups is 1. The molecule has 2 N–H and O–H groups in total. The van der Waals surface area contributed by atoms with Crippen molar-refractivity contribution in [2.45, 2.75) is 6.92 Å². The molecule has 2 rings (SSSR count). The van der Waals surface area contributed by atoms with Crippen LogP contribution in [0.25, 0.3) is 0 Å². The minimum atomic E-state index is -0.469. The second-order valence-corrected chi connectivity index (χ2v) is 4.72. The first-order valence-corrected chi connectivity index (χ1v) is 6.44. The molecule has 21 heavy (non-hydrogen) atoms. The van der Waals surface area contributed by atoms with Crippen LogP contribution in [-0.4, -0.2) is 16.7 Å². The van der Waals surface area contributed by atoms with Crippen molar-refractivity contribution >= 4 is 23.2 Å². The highest BCUT2D eigenvalue weighted by atomic mass is 35.5. The monoisotopic (exact) mass is 306 g/mol. The van der Waals surface area contributed by atoms with Gasteiger partial charge in [0, 0.05) is 11.1 Å². The van der Waals surface area contributed by atoms with Gasteiger partial charge >= 0.3 is 0 Å². The van der Waals surface area contributed by atoms with Gasteiger partial charge in [-0.05, 0) is 43.3 Å². The molecule has 0 aliphatic rings. The fraction of sp³-hybridized carbons (Fsp3) is 0.0667. The van der Waals surface area contributed by atoms with Gasteiger partial charge in [0.1, 0.15) is 11.6 Å². The maximum Gasteiger partial charge on any atom is 0.271 e. The van der Waals surface area contributed by atoms with Crippen LogP contribution in [-0.2, 0) is 0 Å². The third kappa shape index (κ3) is 3.79. The SMILES string of the molecule is C/C(=N/NC(=O)c1cccc(O)c1)c1ccc(F)cc1Cl. The molecule has 0 bridgehead atoms. The molecule has 0 aliphatic heterocycles. The van der Waals surface area contributed by atoms with Crippen molar-refractivity contribution in [3.63, 3.8) is 0 Å². The van der Waals surface area contributed by atoms with E-state index in [0.717, 1.165) is 0 Å². The third-order valence-electron chi connectivity index (χ3n) is 2.75. The summed E-state index contributed by atoms with van der Waals surface area (Å²) in [5, 5.41) is 13.4. The van der Waals surface area contributed by atoms with Crippen LogP contribution in [0.4, 0.5) is 4.39 Å². The molecule has 0 saturated heterocycles. The number of benzene rings is 2. The Hall–Kier alpha value is -2.40. The summed E-state index contributed by atoms with van der Waals surface area (Å²) in [5.41, 5.74) is 3.59. The first-order chi connectivity index (χ1) is 9.97. The Bertz CT molecular complexity index is 717. The van der Waals surface area contributed by atoms with Crippen molar-refractivity contribution in [3.8, 4) is 5.75 Å². The van der Waals surface area contributed by atoms with Gasteiger partial charge < -0.3 is 5.11 Å². The highest BCUT2D eigenvalue weighted by molar-refractivity contribution is 6.34. The van der Waals surface area contributed by atoms with E-state index in [1.807, 2.05) is 0 Å². The van der Waals surface area contributed by atoms with Crippen molar-refractivity contribution in [1.29, 1.82) is 0 Å². The number of halogens is 2. The first-order valence-electron chi connectivity index (χ1n) is 6.06. The molecule has 0 aromatic heterocycles. The molecule has 0 unspecified atom stereocenters. The molecule has 0 heterocycles. The van der Waals surface area contributed by atoms with E-state index < -0.39 is 11.7 Å². The number of nitrogens with zero attached hydrogens (tertiary/aromatic N) is 1. The van der Waals surface area contributed by atoms with Gasteiger partial charge in [0.15, 0.2) is 0 Å². The smallest absolute Gasteiger partial charge is 0.271 e. The maximum atomic E-state index is 13.0. The molecule has 0 aliphatic carbocycles. The van der Waals surface area contributed by atoms with Crippen molar-refractivity contribution in [3.05, 3.63) is 64.4 Å². The van der Waals surface area contributed by atoms with Gasteiger partial charge in [-0.3, -0.25) is 4.79 Å². The van der Waals surface area contributed by atoms with E-state index in [1.54, 1.807) is 19.1 Å². The lowest BCUT2D eigenvalue weighted by Crippen LogP contribution is -2.19. The zero-order valence-electron chi connectivity index (χ0n) is 11.1. The number of rotatable bonds is 3. The Morgan fingerprint density at radius 1 is 1.29 bits per heavy atom. The molecule has 0 fully saturated rings. The van der Waals surface area contributed by atoms with Gasteiger partial charge in [0.2, 0.25) is 0 Å². The van der Waals surface area contributed by atoms with Gasteiger partial charge in [-0.15, -0.1) is 0 Å². The molecule has 0 atom stereocenters. The lowest BCUT2D eigenvalue weighted by atomic mass is 10.1. The molecule has 0 saturated carbocycles. The third-order valence-corrected chi connectivity index (χ3v) is 3.07. The molecule has 2 aromatic rings. The van der Waals surface area contributed by atoms with Gasteiger partial charge in [-0.25, -0.2) is 9.82 Å². The van der Waals surface area contributed by atoms with Gasteiger partial charge in [0.25, 0.3) is 5.91 Å². The number of phenols is 1. The lowest BCUT2D eigenvalue weighted by molar-refractivity contribution is 0.0954. The zero-order valence-corrected chi connectivity index (χ0v) is 11.9. The van der Waals surface area contributed by atoms with E-state index in [1.165, 1.54) is 30.3 Å². The van der Waals surface area contributed by atoms with E-state index in [9.17, 15) is 14.3 Å². The van der Waals surface area contributed by atoms with Crippen LogP contribution in [0.15, 0.2) is 47.6 Å². The first kappa shape index (κ1) is 15.0. The maximum absolute atomic E-state index is 13.0. The summed E-state index contributed by atoms with van der Waals surface area (Å²) in [7, 11) is 0. The molecule has 6 heteroatoms. The van der Waals surface area contributed by atoms with Crippen LogP contribution in [0.2, 0.25) is 5.02 Å². The van der Waals surface area contributed by atoms with Gasteiger partial charge in [-0.2, -0.15) is 5.10 Å². The van der Waals surface area contributed by atoms with Crippen molar-refractivity contribution < 1.29 is 14.3 Å². The Kier molecular flexibility index (Phi) is 4.55. The number of hydrogen-bond acceptors (Lipinski definition) is 3. The predicted molar refractivity (Wildman–Crippen MR) is 79.2 cm³/mol. The minimum Gasteiger partial charge on any atom is -0.508 e. The quantitative estimate of drug-likeness (QED) is 0.675. The summed E-state index contributed by atoms with van der Waals surface area (Å²) < 4.78 is 13.0. The fourth-order valence-corrected chi connectivity index (χ4v) is 1.99. The van der Waals surface area contributed by atoms with E-state index >= 15 is 0 Å². The van der Waals surface area contributed by atoms with E-state index in [0.29, 0.717) is 11.3 Å². The van der Waals surface area contributed by atoms with Crippen LogP contribution >= 0.6 is 11.6 Å².